The lowest BCUT2D eigenvalue weighted by atomic mass is 10.1. The average Bonchev–Trinajstić information content (AvgIpc) is 2.08. The summed E-state index contributed by atoms with van der Waals surface area (Å²) in [6.45, 7) is 3.90. The third kappa shape index (κ3) is 4.15. The number of nitrogens with one attached hydrogen (secondary N) is 1. The highest BCUT2D eigenvalue weighted by atomic mass is 127. The molecule has 1 rings (SSSR count). The maximum absolute atomic E-state index is 13.3. The Bertz CT molecular complexity index is 366. The van der Waals surface area contributed by atoms with E-state index in [4.69, 9.17) is 0 Å². The van der Waals surface area contributed by atoms with Gasteiger partial charge in [0.05, 0.1) is 5.69 Å². The molecule has 0 aliphatic carbocycles. The van der Waals surface area contributed by atoms with Crippen LogP contribution in [0.3, 0.4) is 0 Å². The Morgan fingerprint density at radius 2 is 2.20 bits per heavy atom. The Labute approximate surface area is 102 Å². The fourth-order valence-corrected chi connectivity index (χ4v) is 1.62. The van der Waals surface area contributed by atoms with E-state index in [0.717, 1.165) is 3.57 Å². The second kappa shape index (κ2) is 5.44. The number of rotatable bonds is 3. The van der Waals surface area contributed by atoms with Crippen molar-refractivity contribution in [3.8, 4) is 0 Å². The minimum atomic E-state index is -0.390. The molecule has 0 radical (unpaired) electrons. The van der Waals surface area contributed by atoms with Gasteiger partial charge in [-0.1, -0.05) is 13.8 Å². The summed E-state index contributed by atoms with van der Waals surface area (Å²) in [5.74, 6) is -0.263. The van der Waals surface area contributed by atoms with Crippen molar-refractivity contribution < 1.29 is 9.18 Å². The van der Waals surface area contributed by atoms with Gasteiger partial charge < -0.3 is 5.32 Å². The first-order valence-corrected chi connectivity index (χ1v) is 5.82. The molecule has 1 N–H and O–H groups in total. The molecule has 0 aliphatic heterocycles. The minimum absolute atomic E-state index is 0.148. The first-order valence-electron chi connectivity index (χ1n) is 4.74. The number of halogens is 2. The van der Waals surface area contributed by atoms with E-state index < -0.39 is 0 Å². The van der Waals surface area contributed by atoms with Gasteiger partial charge in [-0.3, -0.25) is 4.79 Å². The van der Waals surface area contributed by atoms with Crippen LogP contribution in [0.4, 0.5) is 10.1 Å². The van der Waals surface area contributed by atoms with Gasteiger partial charge in [-0.2, -0.15) is 0 Å². The highest BCUT2D eigenvalue weighted by Crippen LogP contribution is 2.17. The molecule has 0 aromatic heterocycles. The summed E-state index contributed by atoms with van der Waals surface area (Å²) >= 11 is 2.02. The molecule has 0 unspecified atom stereocenters. The van der Waals surface area contributed by atoms with Crippen molar-refractivity contribution in [1.29, 1.82) is 0 Å². The van der Waals surface area contributed by atoms with Gasteiger partial charge in [0.15, 0.2) is 0 Å². The van der Waals surface area contributed by atoms with Crippen LogP contribution in [0.5, 0.6) is 0 Å². The predicted molar refractivity (Wildman–Crippen MR) is 67.2 cm³/mol. The van der Waals surface area contributed by atoms with Gasteiger partial charge in [0.25, 0.3) is 0 Å². The van der Waals surface area contributed by atoms with Gasteiger partial charge >= 0.3 is 0 Å². The number of benzene rings is 1. The zero-order valence-electron chi connectivity index (χ0n) is 8.68. The summed E-state index contributed by atoms with van der Waals surface area (Å²) in [7, 11) is 0. The summed E-state index contributed by atoms with van der Waals surface area (Å²) in [4.78, 5) is 11.4. The van der Waals surface area contributed by atoms with Gasteiger partial charge in [-0.15, -0.1) is 0 Å². The molecule has 0 spiro atoms. The van der Waals surface area contributed by atoms with Crippen LogP contribution in [-0.4, -0.2) is 5.91 Å². The smallest absolute Gasteiger partial charge is 0.224 e. The van der Waals surface area contributed by atoms with Crippen molar-refractivity contribution in [2.24, 2.45) is 5.92 Å². The molecule has 1 amide bonds. The lowest BCUT2D eigenvalue weighted by Gasteiger charge is -2.08. The van der Waals surface area contributed by atoms with E-state index in [0.29, 0.717) is 6.42 Å². The third-order valence-electron chi connectivity index (χ3n) is 1.80. The van der Waals surface area contributed by atoms with E-state index in [9.17, 15) is 9.18 Å². The van der Waals surface area contributed by atoms with Crippen molar-refractivity contribution in [3.63, 3.8) is 0 Å². The largest absolute Gasteiger partial charge is 0.324 e. The van der Waals surface area contributed by atoms with Crippen molar-refractivity contribution in [2.45, 2.75) is 20.3 Å². The molecular weight excluding hydrogens is 308 g/mol. The zero-order valence-corrected chi connectivity index (χ0v) is 10.8. The lowest BCUT2D eigenvalue weighted by Crippen LogP contribution is -2.14. The number of anilines is 1. The van der Waals surface area contributed by atoms with Gasteiger partial charge in [-0.25, -0.2) is 4.39 Å². The molecule has 82 valence electrons. The molecule has 0 saturated heterocycles. The summed E-state index contributed by atoms with van der Waals surface area (Å²) in [5.41, 5.74) is 0.251. The maximum Gasteiger partial charge on any atom is 0.224 e. The normalized spacial score (nSPS) is 10.5. The molecule has 0 saturated carbocycles. The number of carbonyl (C=O) groups excluding carboxylic acids is 1. The van der Waals surface area contributed by atoms with Crippen molar-refractivity contribution >= 4 is 34.2 Å². The Morgan fingerprint density at radius 3 is 2.73 bits per heavy atom. The van der Waals surface area contributed by atoms with Crippen LogP contribution >= 0.6 is 22.6 Å². The van der Waals surface area contributed by atoms with Crippen LogP contribution in [0.1, 0.15) is 20.3 Å². The van der Waals surface area contributed by atoms with E-state index in [1.807, 2.05) is 36.4 Å². The Kier molecular flexibility index (Phi) is 4.50. The molecule has 0 atom stereocenters. The second-order valence-electron chi connectivity index (χ2n) is 3.77. The summed E-state index contributed by atoms with van der Waals surface area (Å²) in [6, 6.07) is 4.73. The monoisotopic (exact) mass is 321 g/mol. The van der Waals surface area contributed by atoms with E-state index in [1.54, 1.807) is 12.1 Å². The van der Waals surface area contributed by atoms with Crippen molar-refractivity contribution in [1.82, 2.24) is 0 Å². The predicted octanol–water partition coefficient (Wildman–Crippen LogP) is 3.41. The number of amides is 1. The fraction of sp³-hybridized carbons (Fsp3) is 0.364. The number of hydrogen-bond donors (Lipinski definition) is 1. The lowest BCUT2D eigenvalue weighted by molar-refractivity contribution is -0.116. The standard InChI is InChI=1S/C11H13FINO/c1-7(2)5-11(15)14-10-4-3-8(13)6-9(10)12/h3-4,6-7H,5H2,1-2H3,(H,14,15). The quantitative estimate of drug-likeness (QED) is 0.849. The maximum atomic E-state index is 13.3. The molecule has 0 heterocycles. The summed E-state index contributed by atoms with van der Waals surface area (Å²) in [5, 5.41) is 2.55. The Hall–Kier alpha value is -0.650. The topological polar surface area (TPSA) is 29.1 Å². The highest BCUT2D eigenvalue weighted by Gasteiger charge is 2.08. The molecule has 1 aromatic rings. The van der Waals surface area contributed by atoms with Gasteiger partial charge in [0.2, 0.25) is 5.91 Å². The average molecular weight is 321 g/mol. The number of hydrogen-bond acceptors (Lipinski definition) is 1. The molecule has 0 bridgehead atoms. The van der Waals surface area contributed by atoms with Gasteiger partial charge in [-0.05, 0) is 46.7 Å². The molecular formula is C11H13FINO. The third-order valence-corrected chi connectivity index (χ3v) is 2.47. The first kappa shape index (κ1) is 12.4. The number of carbonyl (C=O) groups is 1. The Morgan fingerprint density at radius 1 is 1.53 bits per heavy atom. The highest BCUT2D eigenvalue weighted by molar-refractivity contribution is 14.1. The molecule has 4 heteroatoms. The SMILES string of the molecule is CC(C)CC(=O)Nc1ccc(I)cc1F. The Balaban J connectivity index is 2.68. The van der Waals surface area contributed by atoms with Crippen LogP contribution < -0.4 is 5.32 Å². The summed E-state index contributed by atoms with van der Waals surface area (Å²) < 4.78 is 14.1. The second-order valence-corrected chi connectivity index (χ2v) is 5.02. The molecule has 1 aromatic carbocycles. The van der Waals surface area contributed by atoms with Crippen LogP contribution in [0, 0.1) is 15.3 Å². The van der Waals surface area contributed by atoms with Crippen LogP contribution in [0.2, 0.25) is 0 Å². The molecule has 0 fully saturated rings. The van der Waals surface area contributed by atoms with Crippen LogP contribution in [0.25, 0.3) is 0 Å². The van der Waals surface area contributed by atoms with Crippen LogP contribution in [0.15, 0.2) is 18.2 Å². The van der Waals surface area contributed by atoms with Crippen molar-refractivity contribution in [2.75, 3.05) is 5.32 Å². The van der Waals surface area contributed by atoms with Gasteiger partial charge in [0, 0.05) is 9.99 Å². The van der Waals surface area contributed by atoms with Crippen molar-refractivity contribution in [3.05, 3.63) is 27.6 Å². The van der Waals surface area contributed by atoms with Crippen LogP contribution in [-0.2, 0) is 4.79 Å². The molecule has 0 aliphatic rings. The molecule has 2 nitrogen and oxygen atoms in total. The van der Waals surface area contributed by atoms with E-state index in [1.165, 1.54) is 6.07 Å². The minimum Gasteiger partial charge on any atom is -0.324 e. The van der Waals surface area contributed by atoms with E-state index >= 15 is 0 Å². The fourth-order valence-electron chi connectivity index (χ4n) is 1.16. The van der Waals surface area contributed by atoms with E-state index in [-0.39, 0.29) is 23.3 Å². The zero-order chi connectivity index (χ0) is 11.4. The first-order chi connectivity index (χ1) is 6.99. The molecule has 15 heavy (non-hydrogen) atoms. The van der Waals surface area contributed by atoms with E-state index in [2.05, 4.69) is 5.32 Å². The van der Waals surface area contributed by atoms with Gasteiger partial charge in [0.1, 0.15) is 5.82 Å². The summed E-state index contributed by atoms with van der Waals surface area (Å²) in [6.07, 6.45) is 0.408.